The van der Waals surface area contributed by atoms with Gasteiger partial charge in [0.1, 0.15) is 5.69 Å². The minimum Gasteiger partial charge on any atom is -0.320 e. The van der Waals surface area contributed by atoms with Crippen molar-refractivity contribution in [2.45, 2.75) is 0 Å². The SMILES string of the molecule is CS(=O)(=O)Nc1cncc(-c2cc(NC(=O)c3cscn3)c3cn[nH]c3c2)c1. The van der Waals surface area contributed by atoms with Gasteiger partial charge in [0.15, 0.2) is 0 Å². The van der Waals surface area contributed by atoms with Crippen molar-refractivity contribution in [3.05, 3.63) is 53.4 Å². The Morgan fingerprint density at radius 3 is 2.75 bits per heavy atom. The van der Waals surface area contributed by atoms with E-state index in [0.29, 0.717) is 28.1 Å². The van der Waals surface area contributed by atoms with Gasteiger partial charge in [0.2, 0.25) is 10.0 Å². The third-order valence-corrected chi connectivity index (χ3v) is 5.04. The van der Waals surface area contributed by atoms with Crippen LogP contribution in [0.15, 0.2) is 47.7 Å². The van der Waals surface area contributed by atoms with Gasteiger partial charge < -0.3 is 5.32 Å². The molecule has 9 nitrogen and oxygen atoms in total. The first-order valence-corrected chi connectivity index (χ1v) is 10.8. The van der Waals surface area contributed by atoms with Gasteiger partial charge in [-0.05, 0) is 23.8 Å². The van der Waals surface area contributed by atoms with E-state index in [2.05, 4.69) is 30.2 Å². The molecule has 0 radical (unpaired) electrons. The summed E-state index contributed by atoms with van der Waals surface area (Å²) < 4.78 is 25.3. The molecule has 0 unspecified atom stereocenters. The number of pyridine rings is 1. The third-order valence-electron chi connectivity index (χ3n) is 3.85. The number of aromatic amines is 1. The highest BCUT2D eigenvalue weighted by Crippen LogP contribution is 2.31. The fraction of sp³-hybridized carbons (Fsp3) is 0.0588. The number of carbonyl (C=O) groups excluding carboxylic acids is 1. The Morgan fingerprint density at radius 1 is 1.14 bits per heavy atom. The zero-order valence-electron chi connectivity index (χ0n) is 14.5. The Kier molecular flexibility index (Phi) is 4.53. The first-order valence-electron chi connectivity index (χ1n) is 7.99. The van der Waals surface area contributed by atoms with Gasteiger partial charge in [-0.25, -0.2) is 13.4 Å². The predicted molar refractivity (Wildman–Crippen MR) is 108 cm³/mol. The van der Waals surface area contributed by atoms with Crippen molar-refractivity contribution < 1.29 is 13.2 Å². The summed E-state index contributed by atoms with van der Waals surface area (Å²) >= 11 is 1.34. The van der Waals surface area contributed by atoms with E-state index in [1.165, 1.54) is 17.5 Å². The lowest BCUT2D eigenvalue weighted by Crippen LogP contribution is -2.12. The maximum Gasteiger partial charge on any atom is 0.275 e. The number of carbonyl (C=O) groups is 1. The molecule has 0 aliphatic heterocycles. The highest BCUT2D eigenvalue weighted by Gasteiger charge is 2.14. The molecule has 0 bridgehead atoms. The number of benzene rings is 1. The molecule has 4 aromatic rings. The van der Waals surface area contributed by atoms with Crippen LogP contribution >= 0.6 is 11.3 Å². The summed E-state index contributed by atoms with van der Waals surface area (Å²) in [6.45, 7) is 0. The first kappa shape index (κ1) is 18.1. The van der Waals surface area contributed by atoms with E-state index >= 15 is 0 Å². The summed E-state index contributed by atoms with van der Waals surface area (Å²) in [5.41, 5.74) is 4.94. The van der Waals surface area contributed by atoms with Gasteiger partial charge in [0, 0.05) is 22.5 Å². The summed E-state index contributed by atoms with van der Waals surface area (Å²) in [5.74, 6) is -0.327. The van der Waals surface area contributed by atoms with E-state index in [0.717, 1.165) is 17.2 Å². The van der Waals surface area contributed by atoms with E-state index in [9.17, 15) is 13.2 Å². The van der Waals surface area contributed by atoms with Crippen molar-refractivity contribution in [2.75, 3.05) is 16.3 Å². The molecule has 4 rings (SSSR count). The molecule has 0 atom stereocenters. The Morgan fingerprint density at radius 2 is 2.00 bits per heavy atom. The quantitative estimate of drug-likeness (QED) is 0.460. The molecule has 0 aliphatic carbocycles. The van der Waals surface area contributed by atoms with Crippen LogP contribution in [-0.2, 0) is 10.0 Å². The molecule has 1 aromatic carbocycles. The summed E-state index contributed by atoms with van der Waals surface area (Å²) in [4.78, 5) is 20.5. The normalized spacial score (nSPS) is 11.5. The van der Waals surface area contributed by atoms with E-state index in [1.807, 2.05) is 6.07 Å². The number of nitrogens with zero attached hydrogens (tertiary/aromatic N) is 3. The Bertz CT molecular complexity index is 1270. The summed E-state index contributed by atoms with van der Waals surface area (Å²) in [5, 5.41) is 12.2. The Hall–Kier alpha value is -3.31. The maximum atomic E-state index is 12.4. The fourth-order valence-corrected chi connectivity index (χ4v) is 3.77. The van der Waals surface area contributed by atoms with Gasteiger partial charge in [-0.3, -0.25) is 19.6 Å². The smallest absolute Gasteiger partial charge is 0.275 e. The number of hydrogen-bond acceptors (Lipinski definition) is 7. The molecule has 142 valence electrons. The average molecular weight is 414 g/mol. The second-order valence-electron chi connectivity index (χ2n) is 6.02. The van der Waals surface area contributed by atoms with Crippen molar-refractivity contribution >= 4 is 49.5 Å². The van der Waals surface area contributed by atoms with Crippen LogP contribution in [0, 0.1) is 0 Å². The van der Waals surface area contributed by atoms with E-state index in [-0.39, 0.29) is 5.91 Å². The van der Waals surface area contributed by atoms with Crippen LogP contribution in [0.2, 0.25) is 0 Å². The number of rotatable bonds is 5. The van der Waals surface area contributed by atoms with Crippen LogP contribution in [0.1, 0.15) is 10.5 Å². The molecular formula is C17H14N6O3S2. The van der Waals surface area contributed by atoms with Gasteiger partial charge in [0.25, 0.3) is 5.91 Å². The number of fused-ring (bicyclic) bond motifs is 1. The highest BCUT2D eigenvalue weighted by atomic mass is 32.2. The zero-order chi connectivity index (χ0) is 19.7. The van der Waals surface area contributed by atoms with Gasteiger partial charge in [-0.15, -0.1) is 11.3 Å². The van der Waals surface area contributed by atoms with Crippen LogP contribution in [0.5, 0.6) is 0 Å². The molecule has 11 heteroatoms. The van der Waals surface area contributed by atoms with Crippen LogP contribution in [0.3, 0.4) is 0 Å². The standard InChI is InChI=1S/C17H14N6O3S2/c1-28(25,26)23-12-2-11(5-18-6-12)10-3-14(13-7-20-22-15(13)4-10)21-17(24)16-8-27-9-19-16/h2-9,23H,1H3,(H,20,22)(H,21,24). The van der Waals surface area contributed by atoms with Crippen LogP contribution in [0.25, 0.3) is 22.0 Å². The van der Waals surface area contributed by atoms with Gasteiger partial charge in [-0.2, -0.15) is 5.10 Å². The molecule has 0 aliphatic rings. The molecule has 1 amide bonds. The Balaban J connectivity index is 1.74. The van der Waals surface area contributed by atoms with Crippen molar-refractivity contribution in [3.63, 3.8) is 0 Å². The predicted octanol–water partition coefficient (Wildman–Crippen LogP) is 2.71. The summed E-state index contributed by atoms with van der Waals surface area (Å²) in [7, 11) is -3.42. The number of H-pyrrole nitrogens is 1. The molecular weight excluding hydrogens is 400 g/mol. The molecule has 3 heterocycles. The van der Waals surface area contributed by atoms with Crippen LogP contribution in [0.4, 0.5) is 11.4 Å². The lowest BCUT2D eigenvalue weighted by atomic mass is 10.0. The lowest BCUT2D eigenvalue weighted by Gasteiger charge is -2.10. The number of thiazole rings is 1. The van der Waals surface area contributed by atoms with E-state index in [4.69, 9.17) is 0 Å². The van der Waals surface area contributed by atoms with Gasteiger partial charge in [0.05, 0.1) is 41.1 Å². The van der Waals surface area contributed by atoms with Gasteiger partial charge in [-0.1, -0.05) is 0 Å². The fourth-order valence-electron chi connectivity index (χ4n) is 2.70. The number of nitrogens with one attached hydrogen (secondary N) is 3. The molecule has 3 N–H and O–H groups in total. The van der Waals surface area contributed by atoms with Gasteiger partial charge >= 0.3 is 0 Å². The number of hydrogen-bond donors (Lipinski definition) is 3. The largest absolute Gasteiger partial charge is 0.320 e. The van der Waals surface area contributed by atoms with E-state index < -0.39 is 10.0 Å². The molecule has 28 heavy (non-hydrogen) atoms. The minimum atomic E-state index is -3.42. The van der Waals surface area contributed by atoms with Crippen molar-refractivity contribution in [3.8, 4) is 11.1 Å². The molecule has 3 aromatic heterocycles. The van der Waals surface area contributed by atoms with Crippen molar-refractivity contribution in [2.24, 2.45) is 0 Å². The lowest BCUT2D eigenvalue weighted by molar-refractivity contribution is 0.102. The Labute approximate surface area is 163 Å². The van der Waals surface area contributed by atoms with Crippen molar-refractivity contribution in [1.82, 2.24) is 20.2 Å². The third kappa shape index (κ3) is 3.85. The van der Waals surface area contributed by atoms with E-state index in [1.54, 1.807) is 35.4 Å². The number of amides is 1. The molecule has 0 spiro atoms. The number of aromatic nitrogens is 4. The maximum absolute atomic E-state index is 12.4. The molecule has 0 saturated carbocycles. The number of anilines is 2. The second-order valence-corrected chi connectivity index (χ2v) is 8.49. The van der Waals surface area contributed by atoms with Crippen LogP contribution in [-0.4, -0.2) is 40.7 Å². The minimum absolute atomic E-state index is 0.327. The number of sulfonamides is 1. The van der Waals surface area contributed by atoms with Crippen LogP contribution < -0.4 is 10.0 Å². The first-order chi connectivity index (χ1) is 13.4. The molecule has 0 saturated heterocycles. The summed E-state index contributed by atoms with van der Waals surface area (Å²) in [6.07, 6.45) is 5.72. The van der Waals surface area contributed by atoms with Crippen molar-refractivity contribution in [1.29, 1.82) is 0 Å². The highest BCUT2D eigenvalue weighted by molar-refractivity contribution is 7.92. The zero-order valence-corrected chi connectivity index (χ0v) is 16.1. The topological polar surface area (TPSA) is 130 Å². The molecule has 0 fully saturated rings. The monoisotopic (exact) mass is 414 g/mol. The average Bonchev–Trinajstić information content (AvgIpc) is 3.32. The second kappa shape index (κ2) is 7.02. The summed E-state index contributed by atoms with van der Waals surface area (Å²) in [6, 6.07) is 5.29.